The summed E-state index contributed by atoms with van der Waals surface area (Å²) in [4.78, 5) is 60.0. The van der Waals surface area contributed by atoms with Crippen LogP contribution in [0.25, 0.3) is 44.4 Å². The molecule has 0 radical (unpaired) electrons. The lowest BCUT2D eigenvalue weighted by Crippen LogP contribution is -2.56. The predicted molar refractivity (Wildman–Crippen MR) is 225 cm³/mol. The van der Waals surface area contributed by atoms with Crippen LogP contribution in [0.2, 0.25) is 0 Å². The topological polar surface area (TPSA) is 155 Å². The summed E-state index contributed by atoms with van der Waals surface area (Å²) in [5.74, 6) is 1.36. The zero-order valence-corrected chi connectivity index (χ0v) is 34.7. The van der Waals surface area contributed by atoms with Crippen molar-refractivity contribution in [2.45, 2.75) is 83.3 Å². The second-order valence-electron chi connectivity index (χ2n) is 16.3. The Morgan fingerprint density at radius 1 is 0.763 bits per heavy atom. The highest BCUT2D eigenvalue weighted by Crippen LogP contribution is 2.50. The Hall–Kier alpha value is -5.79. The minimum absolute atomic E-state index is 0.0500. The molecule has 1 saturated heterocycles. The van der Waals surface area contributed by atoms with E-state index in [2.05, 4.69) is 82.0 Å². The summed E-state index contributed by atoms with van der Waals surface area (Å²) in [5, 5.41) is 4.90. The number of hydrogen-bond donors (Lipinski definition) is 3. The number of aromatic amines is 2. The third-order valence-electron chi connectivity index (χ3n) is 12.8. The number of fused-ring (bicyclic) bond motifs is 3. The van der Waals surface area contributed by atoms with E-state index < -0.39 is 18.2 Å². The van der Waals surface area contributed by atoms with E-state index in [1.54, 1.807) is 14.0 Å². The van der Waals surface area contributed by atoms with Gasteiger partial charge in [-0.15, -0.1) is 0 Å². The predicted octanol–water partition coefficient (Wildman–Crippen LogP) is 7.60. The molecule has 308 valence electrons. The first-order chi connectivity index (χ1) is 28.5. The summed E-state index contributed by atoms with van der Waals surface area (Å²) in [5.41, 5.74) is 7.12. The van der Waals surface area contributed by atoms with Crippen molar-refractivity contribution in [3.63, 3.8) is 0 Å². The molecule has 3 aliphatic rings. The van der Waals surface area contributed by atoms with Crippen LogP contribution in [0.3, 0.4) is 0 Å². The molecular weight excluding hydrogens is 747 g/mol. The average Bonchev–Trinajstić information content (AvgIpc) is 4.13. The van der Waals surface area contributed by atoms with E-state index in [0.29, 0.717) is 6.54 Å². The summed E-state index contributed by atoms with van der Waals surface area (Å²) in [7, 11) is 4.44. The van der Waals surface area contributed by atoms with Crippen LogP contribution in [0.5, 0.6) is 0 Å². The smallest absolute Gasteiger partial charge is 0.407 e. The van der Waals surface area contributed by atoms with Crippen molar-refractivity contribution in [3.05, 3.63) is 96.4 Å². The summed E-state index contributed by atoms with van der Waals surface area (Å²) >= 11 is 0. The van der Waals surface area contributed by atoms with Gasteiger partial charge < -0.3 is 39.3 Å². The second kappa shape index (κ2) is 16.5. The molecule has 3 N–H and O–H groups in total. The van der Waals surface area contributed by atoms with Crippen molar-refractivity contribution in [2.75, 3.05) is 27.9 Å². The molecule has 4 heterocycles. The standard InChI is InChI=1S/C46H53N7O6/c1-25-18-39(52(24-25)44(54)26(2)27(3)57-5)42-47-22-37(49-42)30-10-8-29(9-11-30)31-12-13-33-20-34(15-14-32(33)19-31)38-23-48-43(50-38)41-35-16-17-36(21-35)53(41)45(55)40(28(4)58-6)51-46(56)59-7/h8-15,18-20,22-23,26-28,35-36,39-41H,16-17,21,24H2,1-7H3,(H,47,49)(H,48,50)(H,51,56)/t26-,27+,28+,35+,36-,39-,40-,41-/m0/s1. The van der Waals surface area contributed by atoms with Gasteiger partial charge in [0.05, 0.1) is 55.1 Å². The molecular formula is C46H53N7O6. The minimum Gasteiger partial charge on any atom is -0.453 e. The summed E-state index contributed by atoms with van der Waals surface area (Å²) in [6, 6.07) is 20.0. The first-order valence-corrected chi connectivity index (χ1v) is 20.4. The number of carbonyl (C=O) groups excluding carboxylic acids is 3. The molecule has 3 aromatic carbocycles. The SMILES string of the molecule is COC(=O)N[C@H](C(=O)N1[C@H]2CC[C@H](C2)[C@H]1c1ncc(-c2ccc3cc(-c4ccc(-c5cnc([C@@H]6C=C(C)CN6C(=O)[C@@H](C)[C@@H](C)OC)[nH]5)cc4)ccc3c2)[nH]1)[C@@H](C)OC. The Kier molecular flexibility index (Phi) is 11.2. The van der Waals surface area contributed by atoms with E-state index in [9.17, 15) is 14.4 Å². The fourth-order valence-electron chi connectivity index (χ4n) is 9.11. The maximum atomic E-state index is 14.0. The number of ether oxygens (including phenoxy) is 3. The lowest BCUT2D eigenvalue weighted by atomic mass is 9.96. The van der Waals surface area contributed by atoms with Gasteiger partial charge in [-0.1, -0.05) is 67.1 Å². The van der Waals surface area contributed by atoms with Gasteiger partial charge in [-0.3, -0.25) is 9.59 Å². The van der Waals surface area contributed by atoms with Crippen molar-refractivity contribution in [1.29, 1.82) is 0 Å². The number of benzene rings is 3. The molecule has 5 aromatic rings. The van der Waals surface area contributed by atoms with Gasteiger partial charge in [-0.2, -0.15) is 0 Å². The molecule has 13 nitrogen and oxygen atoms in total. The quantitative estimate of drug-likeness (QED) is 0.109. The van der Waals surface area contributed by atoms with Gasteiger partial charge in [-0.05, 0) is 85.5 Å². The lowest BCUT2D eigenvalue weighted by molar-refractivity contribution is -0.141. The first-order valence-electron chi connectivity index (χ1n) is 20.4. The number of likely N-dealkylation sites (tertiary alicyclic amines) is 1. The van der Waals surface area contributed by atoms with Gasteiger partial charge in [0.15, 0.2) is 0 Å². The van der Waals surface area contributed by atoms with Crippen LogP contribution in [0.4, 0.5) is 4.79 Å². The molecule has 2 aromatic heterocycles. The first kappa shape index (κ1) is 40.0. The Balaban J connectivity index is 0.970. The van der Waals surface area contributed by atoms with Gasteiger partial charge in [0.1, 0.15) is 23.7 Å². The molecule has 3 amide bonds. The molecule has 59 heavy (non-hydrogen) atoms. The third-order valence-corrected chi connectivity index (χ3v) is 12.8. The number of amides is 3. The number of carbonyl (C=O) groups is 3. The number of H-pyrrole nitrogens is 2. The van der Waals surface area contributed by atoms with Crippen molar-refractivity contribution in [1.82, 2.24) is 35.1 Å². The Morgan fingerprint density at radius 2 is 1.37 bits per heavy atom. The Morgan fingerprint density at radius 3 is 2.07 bits per heavy atom. The highest BCUT2D eigenvalue weighted by Gasteiger charge is 2.52. The van der Waals surface area contributed by atoms with Crippen LogP contribution in [-0.4, -0.2) is 99.8 Å². The monoisotopic (exact) mass is 799 g/mol. The minimum atomic E-state index is -0.883. The van der Waals surface area contributed by atoms with E-state index in [0.717, 1.165) is 80.9 Å². The number of piperidine rings is 1. The van der Waals surface area contributed by atoms with E-state index >= 15 is 0 Å². The van der Waals surface area contributed by atoms with Crippen LogP contribution in [0, 0.1) is 11.8 Å². The molecule has 0 spiro atoms. The molecule has 0 unspecified atom stereocenters. The van der Waals surface area contributed by atoms with Crippen molar-refractivity contribution >= 4 is 28.7 Å². The number of nitrogens with zero attached hydrogens (tertiary/aromatic N) is 4. The van der Waals surface area contributed by atoms with Crippen molar-refractivity contribution in [3.8, 4) is 33.6 Å². The lowest BCUT2D eigenvalue weighted by Gasteiger charge is -2.37. The van der Waals surface area contributed by atoms with Crippen molar-refractivity contribution in [2.24, 2.45) is 11.8 Å². The van der Waals surface area contributed by atoms with Gasteiger partial charge >= 0.3 is 6.09 Å². The van der Waals surface area contributed by atoms with Gasteiger partial charge in [0.25, 0.3) is 0 Å². The largest absolute Gasteiger partial charge is 0.453 e. The van der Waals surface area contributed by atoms with E-state index in [4.69, 9.17) is 24.2 Å². The average molecular weight is 800 g/mol. The van der Waals surface area contributed by atoms with Crippen LogP contribution in [-0.2, 0) is 23.8 Å². The molecule has 2 fully saturated rings. The molecule has 1 saturated carbocycles. The van der Waals surface area contributed by atoms with Crippen LogP contribution < -0.4 is 5.32 Å². The number of rotatable bonds is 12. The molecule has 8 atom stereocenters. The Labute approximate surface area is 344 Å². The highest BCUT2D eigenvalue weighted by molar-refractivity contribution is 5.91. The van der Waals surface area contributed by atoms with Gasteiger partial charge in [0.2, 0.25) is 11.8 Å². The normalized spacial score (nSPS) is 22.0. The van der Waals surface area contributed by atoms with Crippen molar-refractivity contribution < 1.29 is 28.6 Å². The maximum absolute atomic E-state index is 14.0. The number of aromatic nitrogens is 4. The number of nitrogens with one attached hydrogen (secondary N) is 3. The van der Waals surface area contributed by atoms with E-state index in [1.807, 2.05) is 43.0 Å². The van der Waals surface area contributed by atoms with E-state index in [-0.39, 0.29) is 47.9 Å². The molecule has 2 aliphatic heterocycles. The van der Waals surface area contributed by atoms with Gasteiger partial charge in [-0.25, -0.2) is 14.8 Å². The number of hydrogen-bond acceptors (Lipinski definition) is 8. The summed E-state index contributed by atoms with van der Waals surface area (Å²) in [6.07, 6.45) is 7.23. The molecule has 13 heteroatoms. The summed E-state index contributed by atoms with van der Waals surface area (Å²) in [6.45, 7) is 8.22. The fraction of sp³-hybridized carbons (Fsp3) is 0.413. The molecule has 8 rings (SSSR count). The highest BCUT2D eigenvalue weighted by atomic mass is 16.5. The van der Waals surface area contributed by atoms with Gasteiger partial charge in [0, 0.05) is 32.4 Å². The molecule has 2 bridgehead atoms. The van der Waals surface area contributed by atoms with Crippen LogP contribution in [0.15, 0.2) is 84.7 Å². The summed E-state index contributed by atoms with van der Waals surface area (Å²) < 4.78 is 15.8. The zero-order valence-electron chi connectivity index (χ0n) is 34.7. The van der Waals surface area contributed by atoms with Crippen LogP contribution in [0.1, 0.15) is 70.7 Å². The molecule has 1 aliphatic carbocycles. The maximum Gasteiger partial charge on any atom is 0.407 e. The number of imidazole rings is 2. The number of methoxy groups -OCH3 is 3. The second-order valence-corrected chi connectivity index (χ2v) is 16.3. The fourth-order valence-corrected chi connectivity index (χ4v) is 9.11. The number of alkyl carbamates (subject to hydrolysis) is 1. The van der Waals surface area contributed by atoms with E-state index in [1.165, 1.54) is 14.2 Å². The Bertz CT molecular complexity index is 2390. The zero-order chi connectivity index (χ0) is 41.5. The van der Waals surface area contributed by atoms with Crippen LogP contribution >= 0.6 is 0 Å². The third kappa shape index (κ3) is 7.65.